The number of ether oxygens (including phenoxy) is 2. The van der Waals surface area contributed by atoms with E-state index in [0.29, 0.717) is 6.42 Å². The van der Waals surface area contributed by atoms with Gasteiger partial charge in [0.2, 0.25) is 0 Å². The average Bonchev–Trinajstić information content (AvgIpc) is 3.12. The number of aliphatic hydroxyl groups is 3. The van der Waals surface area contributed by atoms with Gasteiger partial charge in [0.25, 0.3) is 0 Å². The fourth-order valence-corrected chi connectivity index (χ4v) is 7.43. The topological polar surface area (TPSA) is 303 Å². The third-order valence-corrected chi connectivity index (χ3v) is 10.0. The smallest absolute Gasteiger partial charge is 0.456 e. The summed E-state index contributed by atoms with van der Waals surface area (Å²) in [6, 6.07) is 0. The number of phosphoric acid groups is 3. The Morgan fingerprint density at radius 2 is 1.05 bits per heavy atom. The molecule has 0 spiro atoms. The van der Waals surface area contributed by atoms with Gasteiger partial charge in [0.05, 0.1) is 6.61 Å². The minimum Gasteiger partial charge on any atom is -0.456 e. The summed E-state index contributed by atoms with van der Waals surface area (Å²) in [5, 5.41) is 31.6. The summed E-state index contributed by atoms with van der Waals surface area (Å²) in [5.41, 5.74) is 0. The second-order valence-corrected chi connectivity index (χ2v) is 16.5. The fourth-order valence-electron chi connectivity index (χ4n) is 5.34. The molecule has 19 nitrogen and oxygen atoms in total. The molecule has 0 saturated heterocycles. The maximum Gasteiger partial charge on any atom is 0.472 e. The first-order chi connectivity index (χ1) is 26.8. The van der Waals surface area contributed by atoms with Crippen molar-refractivity contribution in [2.24, 2.45) is 0 Å². The SMILES string of the molecule is CC#CC#CC#CC#CC(=O)OC[C@H](COP(=O)(O)OC1C(O)[C@H](OP(=O)(O)O)[C@H](OP(=O)(O)O)C(O)[C@@H]1O)OC(=O)CCCCCCCCCCCCCCC. The van der Waals surface area contributed by atoms with E-state index in [9.17, 15) is 53.3 Å². The monoisotopic (exact) mass is 870 g/mol. The van der Waals surface area contributed by atoms with Crippen molar-refractivity contribution in [3.05, 3.63) is 0 Å². The summed E-state index contributed by atoms with van der Waals surface area (Å²) in [4.78, 5) is 72.1. The number of hydrogen-bond donors (Lipinski definition) is 8. The molecule has 8 atom stereocenters. The van der Waals surface area contributed by atoms with Crippen LogP contribution in [-0.4, -0.2) is 108 Å². The fraction of sp³-hybridized carbons (Fsp3) is 0.714. The third kappa shape index (κ3) is 24.8. The maximum absolute atomic E-state index is 12.9. The first-order valence-corrected chi connectivity index (χ1v) is 22.8. The van der Waals surface area contributed by atoms with Crippen LogP contribution >= 0.6 is 23.5 Å². The first-order valence-electron chi connectivity index (χ1n) is 18.3. The van der Waals surface area contributed by atoms with Crippen LogP contribution in [0.25, 0.3) is 0 Å². The molecule has 0 aromatic heterocycles. The van der Waals surface area contributed by atoms with Crippen LogP contribution in [0.3, 0.4) is 0 Å². The molecule has 8 N–H and O–H groups in total. The Morgan fingerprint density at radius 3 is 1.56 bits per heavy atom. The molecule has 22 heteroatoms. The van der Waals surface area contributed by atoms with Gasteiger partial charge in [-0.2, -0.15) is 0 Å². The summed E-state index contributed by atoms with van der Waals surface area (Å²) in [6.07, 6.45) is -2.80. The number of aliphatic hydroxyl groups excluding tert-OH is 3. The van der Waals surface area contributed by atoms with Gasteiger partial charge in [0.1, 0.15) is 43.2 Å². The molecule has 0 heterocycles. The highest BCUT2D eigenvalue weighted by Crippen LogP contribution is 2.51. The normalized spacial score (nSPS) is 22.1. The van der Waals surface area contributed by atoms with Gasteiger partial charge in [-0.25, -0.2) is 18.5 Å². The van der Waals surface area contributed by atoms with Crippen molar-refractivity contribution in [3.8, 4) is 47.4 Å². The van der Waals surface area contributed by atoms with E-state index in [1.165, 1.54) is 44.9 Å². The third-order valence-electron chi connectivity index (χ3n) is 8.00. The zero-order valence-corrected chi connectivity index (χ0v) is 34.4. The van der Waals surface area contributed by atoms with Gasteiger partial charge in [-0.1, -0.05) is 89.9 Å². The molecule has 0 radical (unpaired) electrons. The molecule has 0 aliphatic heterocycles. The Bertz CT molecular complexity index is 1650. The molecule has 1 aliphatic carbocycles. The van der Waals surface area contributed by atoms with Crippen LogP contribution in [-0.2, 0) is 50.9 Å². The minimum atomic E-state index is -5.61. The lowest BCUT2D eigenvalue weighted by molar-refractivity contribution is -0.213. The number of rotatable bonds is 26. The van der Waals surface area contributed by atoms with E-state index < -0.39 is 91.3 Å². The van der Waals surface area contributed by atoms with Gasteiger partial charge in [0, 0.05) is 12.3 Å². The second kappa shape index (κ2) is 28.0. The molecule has 322 valence electrons. The second-order valence-electron chi connectivity index (χ2n) is 12.8. The van der Waals surface area contributed by atoms with Crippen molar-refractivity contribution in [1.82, 2.24) is 0 Å². The standard InChI is InChI=1S/C35H53O19P3/c1-3-5-7-9-11-12-13-14-15-16-18-20-22-24-29(37)51-27(25-49-28(36)23-21-19-17-10-8-6-4-2)26-50-57(47,48)54-33-30(38)31(39)34(52-55(41,42)43)35(32(33)40)53-56(44,45)46/h27,30-35,38-40H,3,5,7,9,11-16,18,20,22,24-26H2,1-2H3,(H,47,48)(H2,41,42,43)(H2,44,45,46)/t27-,30+,31?,32?,33?,34-,35+/m1/s1. The molecular formula is C35H53O19P3. The first kappa shape index (κ1) is 52.4. The zero-order chi connectivity index (χ0) is 42.9. The Balaban J connectivity index is 2.91. The molecule has 1 rings (SSSR count). The highest BCUT2D eigenvalue weighted by atomic mass is 31.2. The van der Waals surface area contributed by atoms with Gasteiger partial charge < -0.3 is 49.3 Å². The van der Waals surface area contributed by atoms with Gasteiger partial charge >= 0.3 is 35.4 Å². The molecule has 0 aromatic rings. The summed E-state index contributed by atoms with van der Waals surface area (Å²) in [7, 11) is -16.7. The Labute approximate surface area is 332 Å². The highest BCUT2D eigenvalue weighted by molar-refractivity contribution is 7.47. The number of phosphoric ester groups is 3. The number of carbonyl (C=O) groups excluding carboxylic acids is 2. The van der Waals surface area contributed by atoms with Crippen molar-refractivity contribution in [2.75, 3.05) is 13.2 Å². The lowest BCUT2D eigenvalue weighted by Gasteiger charge is -2.44. The van der Waals surface area contributed by atoms with Gasteiger partial charge in [-0.3, -0.25) is 22.9 Å². The van der Waals surface area contributed by atoms with Crippen molar-refractivity contribution in [3.63, 3.8) is 0 Å². The Kier molecular flexibility index (Phi) is 25.7. The van der Waals surface area contributed by atoms with Crippen LogP contribution in [0.1, 0.15) is 104 Å². The van der Waals surface area contributed by atoms with Gasteiger partial charge in [-0.15, -0.1) is 0 Å². The van der Waals surface area contributed by atoms with Crippen molar-refractivity contribution in [1.29, 1.82) is 0 Å². The number of carbonyl (C=O) groups is 2. The summed E-state index contributed by atoms with van der Waals surface area (Å²) in [5.74, 6) is 16.6. The molecule has 1 fully saturated rings. The predicted molar refractivity (Wildman–Crippen MR) is 200 cm³/mol. The molecule has 0 aromatic carbocycles. The maximum atomic E-state index is 12.9. The Morgan fingerprint density at radius 1 is 0.596 bits per heavy atom. The van der Waals surface area contributed by atoms with Crippen molar-refractivity contribution >= 4 is 35.4 Å². The van der Waals surface area contributed by atoms with E-state index in [0.717, 1.165) is 32.1 Å². The quantitative estimate of drug-likeness (QED) is 0.0204. The van der Waals surface area contributed by atoms with E-state index in [-0.39, 0.29) is 6.42 Å². The number of esters is 2. The molecule has 1 saturated carbocycles. The van der Waals surface area contributed by atoms with Crippen LogP contribution < -0.4 is 0 Å². The highest BCUT2D eigenvalue weighted by Gasteiger charge is 2.56. The Hall–Kier alpha value is -2.61. The average molecular weight is 871 g/mol. The van der Waals surface area contributed by atoms with Crippen LogP contribution in [0.2, 0.25) is 0 Å². The molecule has 0 amide bonds. The van der Waals surface area contributed by atoms with E-state index in [4.69, 9.17) is 28.3 Å². The van der Waals surface area contributed by atoms with Crippen LogP contribution in [0.15, 0.2) is 0 Å². The van der Waals surface area contributed by atoms with Gasteiger partial charge in [-0.05, 0) is 48.9 Å². The van der Waals surface area contributed by atoms with E-state index >= 15 is 0 Å². The zero-order valence-electron chi connectivity index (χ0n) is 31.8. The summed E-state index contributed by atoms with van der Waals surface area (Å²) in [6.45, 7) is 1.99. The lowest BCUT2D eigenvalue weighted by atomic mass is 9.85. The molecule has 1 aliphatic rings. The molecule has 57 heavy (non-hydrogen) atoms. The summed E-state index contributed by atoms with van der Waals surface area (Å²) < 4.78 is 64.3. The van der Waals surface area contributed by atoms with Crippen LogP contribution in [0, 0.1) is 47.4 Å². The minimum absolute atomic E-state index is 0.0640. The van der Waals surface area contributed by atoms with Crippen molar-refractivity contribution in [2.45, 2.75) is 146 Å². The van der Waals surface area contributed by atoms with Crippen LogP contribution in [0.4, 0.5) is 0 Å². The summed E-state index contributed by atoms with van der Waals surface area (Å²) >= 11 is 0. The van der Waals surface area contributed by atoms with E-state index in [1.54, 1.807) is 6.92 Å². The van der Waals surface area contributed by atoms with Crippen molar-refractivity contribution < 1.29 is 90.6 Å². The van der Waals surface area contributed by atoms with Gasteiger partial charge in [0.15, 0.2) is 6.10 Å². The molecular weight excluding hydrogens is 817 g/mol. The number of unbranched alkanes of at least 4 members (excludes halogenated alkanes) is 12. The molecule has 0 bridgehead atoms. The number of hydrogen-bond acceptors (Lipinski definition) is 14. The molecule has 4 unspecified atom stereocenters. The van der Waals surface area contributed by atoms with E-state index in [1.807, 2.05) is 5.92 Å². The van der Waals surface area contributed by atoms with Crippen LogP contribution in [0.5, 0.6) is 0 Å². The van der Waals surface area contributed by atoms with E-state index in [2.05, 4.69) is 57.4 Å². The predicted octanol–water partition coefficient (Wildman–Crippen LogP) is 2.51. The lowest BCUT2D eigenvalue weighted by Crippen LogP contribution is -2.65. The largest absolute Gasteiger partial charge is 0.472 e.